The molecular weight excluding hydrogens is 403 g/mol. The van der Waals surface area contributed by atoms with Crippen molar-refractivity contribution in [2.24, 2.45) is 0 Å². The van der Waals surface area contributed by atoms with Gasteiger partial charge in [0, 0.05) is 23.7 Å². The lowest BCUT2D eigenvalue weighted by Gasteiger charge is -2.06. The zero-order valence-corrected chi connectivity index (χ0v) is 17.7. The Morgan fingerprint density at radius 1 is 1.23 bits per heavy atom. The van der Waals surface area contributed by atoms with Crippen molar-refractivity contribution in [1.82, 2.24) is 14.8 Å². The topological polar surface area (TPSA) is 69.0 Å². The fraction of sp³-hybridized carbons (Fsp3) is 0.227. The number of rotatable bonds is 5. The summed E-state index contributed by atoms with van der Waals surface area (Å²) in [5, 5.41) is 9.54. The number of halogens is 1. The quantitative estimate of drug-likeness (QED) is 0.447. The fourth-order valence-electron chi connectivity index (χ4n) is 3.15. The van der Waals surface area contributed by atoms with E-state index in [-0.39, 0.29) is 12.4 Å². The zero-order valence-electron chi connectivity index (χ0n) is 16.9. The van der Waals surface area contributed by atoms with Gasteiger partial charge in [-0.15, -0.1) is 0 Å². The van der Waals surface area contributed by atoms with Crippen LogP contribution in [0.15, 0.2) is 42.6 Å². The number of hydrogen-bond acceptors (Lipinski definition) is 5. The molecule has 2 aromatic heterocycles. The van der Waals surface area contributed by atoms with Crippen LogP contribution < -0.4 is 5.32 Å². The van der Waals surface area contributed by atoms with E-state index in [4.69, 9.17) is 4.74 Å². The molecule has 0 saturated heterocycles. The molecule has 1 amide bonds. The summed E-state index contributed by atoms with van der Waals surface area (Å²) in [4.78, 5) is 16.8. The minimum atomic E-state index is -0.548. The molecule has 1 N–H and O–H groups in total. The van der Waals surface area contributed by atoms with Crippen molar-refractivity contribution in [2.75, 3.05) is 5.32 Å². The highest BCUT2D eigenvalue weighted by atomic mass is 32.1. The molecular formula is C22H21FN4O2S. The fourth-order valence-corrected chi connectivity index (χ4v) is 4.19. The Hall–Kier alpha value is -3.26. The Bertz CT molecular complexity index is 1230. The highest BCUT2D eigenvalue weighted by Crippen LogP contribution is 2.33. The molecule has 8 heteroatoms. The number of aryl methyl sites for hydroxylation is 3. The maximum atomic E-state index is 13.4. The van der Waals surface area contributed by atoms with Crippen molar-refractivity contribution in [3.05, 3.63) is 65.2 Å². The number of amides is 1. The third kappa shape index (κ3) is 4.18. The molecule has 4 aromatic rings. The normalized spacial score (nSPS) is 11.1. The van der Waals surface area contributed by atoms with Crippen LogP contribution in [-0.4, -0.2) is 20.9 Å². The van der Waals surface area contributed by atoms with Gasteiger partial charge in [-0.25, -0.2) is 14.2 Å². The summed E-state index contributed by atoms with van der Waals surface area (Å²) in [6.07, 6.45) is 1.42. The van der Waals surface area contributed by atoms with Crippen molar-refractivity contribution in [2.45, 2.75) is 33.9 Å². The lowest BCUT2D eigenvalue weighted by molar-refractivity contribution is 0.155. The maximum Gasteiger partial charge on any atom is 0.412 e. The average molecular weight is 425 g/mol. The summed E-state index contributed by atoms with van der Waals surface area (Å²) in [5.41, 5.74) is 4.11. The maximum absolute atomic E-state index is 13.4. The number of hydrogen-bond donors (Lipinski definition) is 1. The zero-order chi connectivity index (χ0) is 21.3. The van der Waals surface area contributed by atoms with E-state index in [0.29, 0.717) is 10.7 Å². The number of benzene rings is 2. The van der Waals surface area contributed by atoms with E-state index >= 15 is 0 Å². The predicted octanol–water partition coefficient (Wildman–Crippen LogP) is 5.68. The number of carbonyl (C=O) groups excluding carboxylic acids is 1. The second kappa shape index (κ2) is 8.23. The standard InChI is InChI=1S/C22H21FN4O2S/c1-4-27-11-16-10-15(5-8-19(16)26-27)12-29-22(28)25-20-14(3)24-21(30-20)18-7-6-17(23)9-13(18)2/h5-11H,4,12H2,1-3H3,(H,25,28). The SMILES string of the molecule is CCn1cc2cc(COC(=O)Nc3sc(-c4ccc(F)cc4C)nc3C)ccc2n1. The van der Waals surface area contributed by atoms with Crippen LogP contribution in [0.2, 0.25) is 0 Å². The number of ether oxygens (including phenoxy) is 1. The smallest absolute Gasteiger partial charge is 0.412 e. The molecule has 0 spiro atoms. The first kappa shape index (κ1) is 20.0. The molecule has 4 rings (SSSR count). The number of thiazole rings is 1. The van der Waals surface area contributed by atoms with E-state index < -0.39 is 6.09 Å². The highest BCUT2D eigenvalue weighted by molar-refractivity contribution is 7.19. The average Bonchev–Trinajstić information content (AvgIpc) is 3.29. The molecule has 30 heavy (non-hydrogen) atoms. The van der Waals surface area contributed by atoms with Crippen LogP contribution in [0.3, 0.4) is 0 Å². The molecule has 154 valence electrons. The van der Waals surface area contributed by atoms with Crippen LogP contribution in [0.1, 0.15) is 23.7 Å². The molecule has 0 aliphatic carbocycles. The van der Waals surface area contributed by atoms with E-state index in [2.05, 4.69) is 15.4 Å². The van der Waals surface area contributed by atoms with Crippen molar-refractivity contribution in [3.8, 4) is 10.6 Å². The van der Waals surface area contributed by atoms with Gasteiger partial charge in [-0.1, -0.05) is 17.4 Å². The van der Waals surface area contributed by atoms with Crippen molar-refractivity contribution < 1.29 is 13.9 Å². The summed E-state index contributed by atoms with van der Waals surface area (Å²) in [6, 6.07) is 10.4. The third-order valence-corrected chi connectivity index (χ3v) is 5.85. The number of aromatic nitrogens is 3. The first-order valence-corrected chi connectivity index (χ1v) is 10.4. The number of anilines is 1. The van der Waals surface area contributed by atoms with Crippen molar-refractivity contribution >= 4 is 33.3 Å². The van der Waals surface area contributed by atoms with Gasteiger partial charge in [0.25, 0.3) is 0 Å². The lowest BCUT2D eigenvalue weighted by atomic mass is 10.1. The molecule has 0 radical (unpaired) electrons. The molecule has 0 fully saturated rings. The predicted molar refractivity (Wildman–Crippen MR) is 116 cm³/mol. The molecule has 0 aliphatic heterocycles. The van der Waals surface area contributed by atoms with Gasteiger partial charge in [0.15, 0.2) is 0 Å². The van der Waals surface area contributed by atoms with Gasteiger partial charge in [0.2, 0.25) is 0 Å². The lowest BCUT2D eigenvalue weighted by Crippen LogP contribution is -2.13. The molecule has 0 bridgehead atoms. The van der Waals surface area contributed by atoms with E-state index in [0.717, 1.165) is 39.1 Å². The number of nitrogens with zero attached hydrogens (tertiary/aromatic N) is 3. The van der Waals surface area contributed by atoms with Crippen molar-refractivity contribution in [3.63, 3.8) is 0 Å². The third-order valence-electron chi connectivity index (χ3n) is 4.74. The summed E-state index contributed by atoms with van der Waals surface area (Å²) in [7, 11) is 0. The summed E-state index contributed by atoms with van der Waals surface area (Å²) in [5.74, 6) is -0.285. The summed E-state index contributed by atoms with van der Waals surface area (Å²) in [6.45, 7) is 6.63. The molecule has 2 heterocycles. The van der Waals surface area contributed by atoms with Gasteiger partial charge in [0.1, 0.15) is 22.4 Å². The van der Waals surface area contributed by atoms with Gasteiger partial charge in [-0.3, -0.25) is 10.00 Å². The van der Waals surface area contributed by atoms with E-state index in [1.165, 1.54) is 23.5 Å². The molecule has 6 nitrogen and oxygen atoms in total. The van der Waals surface area contributed by atoms with Crippen LogP contribution >= 0.6 is 11.3 Å². The monoisotopic (exact) mass is 424 g/mol. The number of carbonyl (C=O) groups is 1. The summed E-state index contributed by atoms with van der Waals surface area (Å²) >= 11 is 1.33. The molecule has 2 aromatic carbocycles. The van der Waals surface area contributed by atoms with E-state index in [1.807, 2.05) is 49.8 Å². The van der Waals surface area contributed by atoms with Crippen LogP contribution in [-0.2, 0) is 17.9 Å². The largest absolute Gasteiger partial charge is 0.444 e. The van der Waals surface area contributed by atoms with Gasteiger partial charge in [0.05, 0.1) is 11.2 Å². The van der Waals surface area contributed by atoms with Crippen LogP contribution in [0.5, 0.6) is 0 Å². The number of fused-ring (bicyclic) bond motifs is 1. The minimum absolute atomic E-state index is 0.154. The second-order valence-corrected chi connectivity index (χ2v) is 7.97. The van der Waals surface area contributed by atoms with Crippen LogP contribution in [0.4, 0.5) is 14.2 Å². The summed E-state index contributed by atoms with van der Waals surface area (Å²) < 4.78 is 20.6. The van der Waals surface area contributed by atoms with Crippen molar-refractivity contribution in [1.29, 1.82) is 0 Å². The second-order valence-electron chi connectivity index (χ2n) is 6.97. The van der Waals surface area contributed by atoms with Gasteiger partial charge < -0.3 is 4.74 Å². The Kier molecular flexibility index (Phi) is 5.50. The Labute approximate surface area is 177 Å². The first-order valence-electron chi connectivity index (χ1n) is 9.56. The Morgan fingerprint density at radius 2 is 2.07 bits per heavy atom. The molecule has 0 atom stereocenters. The first-order chi connectivity index (χ1) is 14.4. The Morgan fingerprint density at radius 3 is 2.83 bits per heavy atom. The van der Waals surface area contributed by atoms with Gasteiger partial charge >= 0.3 is 6.09 Å². The Balaban J connectivity index is 1.42. The van der Waals surface area contributed by atoms with Gasteiger partial charge in [-0.05, 0) is 62.2 Å². The molecule has 0 unspecified atom stereocenters. The van der Waals surface area contributed by atoms with Crippen LogP contribution in [0, 0.1) is 19.7 Å². The highest BCUT2D eigenvalue weighted by Gasteiger charge is 2.15. The minimum Gasteiger partial charge on any atom is -0.444 e. The van der Waals surface area contributed by atoms with Gasteiger partial charge in [-0.2, -0.15) is 5.10 Å². The molecule has 0 aliphatic rings. The van der Waals surface area contributed by atoms with E-state index in [9.17, 15) is 9.18 Å². The van der Waals surface area contributed by atoms with Crippen LogP contribution in [0.25, 0.3) is 21.5 Å². The number of nitrogens with one attached hydrogen (secondary N) is 1. The molecule has 0 saturated carbocycles. The van der Waals surface area contributed by atoms with E-state index in [1.54, 1.807) is 6.07 Å².